The predicted molar refractivity (Wildman–Crippen MR) is 109 cm³/mol. The van der Waals surface area contributed by atoms with Crippen LogP contribution in [0.1, 0.15) is 48.2 Å². The average Bonchev–Trinajstić information content (AvgIpc) is 3.25. The van der Waals surface area contributed by atoms with Gasteiger partial charge in [0.1, 0.15) is 5.76 Å². The van der Waals surface area contributed by atoms with Gasteiger partial charge in [0.2, 0.25) is 5.91 Å². The molecule has 2 aromatic rings. The summed E-state index contributed by atoms with van der Waals surface area (Å²) in [4.78, 5) is 24.6. The highest BCUT2D eigenvalue weighted by atomic mass is 16.3. The number of hydrogen-bond donors (Lipinski definition) is 3. The lowest BCUT2D eigenvalue weighted by Crippen LogP contribution is -2.31. The van der Waals surface area contributed by atoms with Gasteiger partial charge in [-0.2, -0.15) is 0 Å². The Hall–Kier alpha value is -3.02. The van der Waals surface area contributed by atoms with Crippen molar-refractivity contribution >= 4 is 17.5 Å². The minimum absolute atomic E-state index is 0.0813. The maximum absolute atomic E-state index is 12.5. The number of furan rings is 1. The van der Waals surface area contributed by atoms with E-state index in [0.29, 0.717) is 30.1 Å². The van der Waals surface area contributed by atoms with Gasteiger partial charge in [0.25, 0.3) is 5.91 Å². The number of benzene rings is 1. The van der Waals surface area contributed by atoms with E-state index in [0.717, 1.165) is 19.3 Å². The second-order valence-corrected chi connectivity index (χ2v) is 6.87. The van der Waals surface area contributed by atoms with E-state index in [1.54, 1.807) is 36.6 Å². The molecule has 0 bridgehead atoms. The lowest BCUT2D eigenvalue weighted by atomic mass is 9.97. The molecule has 0 fully saturated rings. The standard InChI is InChI=1S/C22H27N3O3/c26-21(23-13-12-17-7-2-1-3-8-17)16-24-20-11-5-4-10-19(20)22(27)25-15-18-9-6-14-28-18/h4-7,9-11,14,24H,1-3,8,12-13,15-16H2,(H,23,26)(H,25,27). The van der Waals surface area contributed by atoms with Crippen molar-refractivity contribution in [1.29, 1.82) is 0 Å². The van der Waals surface area contributed by atoms with Gasteiger partial charge in [-0.15, -0.1) is 0 Å². The zero-order valence-corrected chi connectivity index (χ0v) is 16.0. The monoisotopic (exact) mass is 381 g/mol. The maximum atomic E-state index is 12.5. The molecule has 148 valence electrons. The van der Waals surface area contributed by atoms with E-state index in [1.807, 2.05) is 6.07 Å². The van der Waals surface area contributed by atoms with Crippen molar-refractivity contribution in [2.45, 2.75) is 38.6 Å². The first-order valence-electron chi connectivity index (χ1n) is 9.80. The van der Waals surface area contributed by atoms with Crippen LogP contribution in [0.5, 0.6) is 0 Å². The summed E-state index contributed by atoms with van der Waals surface area (Å²) >= 11 is 0. The lowest BCUT2D eigenvalue weighted by Gasteiger charge is -2.14. The first-order chi connectivity index (χ1) is 13.7. The second kappa shape index (κ2) is 10.3. The van der Waals surface area contributed by atoms with Crippen LogP contribution in [0.25, 0.3) is 0 Å². The summed E-state index contributed by atoms with van der Waals surface area (Å²) in [6, 6.07) is 10.7. The molecular formula is C22H27N3O3. The molecule has 0 saturated carbocycles. The summed E-state index contributed by atoms with van der Waals surface area (Å²) in [6.07, 6.45) is 9.61. The Balaban J connectivity index is 1.45. The van der Waals surface area contributed by atoms with Gasteiger partial charge in [-0.1, -0.05) is 23.8 Å². The third kappa shape index (κ3) is 6.01. The third-order valence-electron chi connectivity index (χ3n) is 4.77. The molecule has 2 amide bonds. The summed E-state index contributed by atoms with van der Waals surface area (Å²) in [5.41, 5.74) is 2.57. The van der Waals surface area contributed by atoms with Crippen LogP contribution in [0.2, 0.25) is 0 Å². The topological polar surface area (TPSA) is 83.4 Å². The Kier molecular flexibility index (Phi) is 7.29. The minimum atomic E-state index is -0.218. The van der Waals surface area contributed by atoms with Gasteiger partial charge in [0.15, 0.2) is 0 Å². The van der Waals surface area contributed by atoms with Gasteiger partial charge in [0, 0.05) is 12.2 Å². The Bertz CT molecular complexity index is 812. The van der Waals surface area contributed by atoms with Gasteiger partial charge >= 0.3 is 0 Å². The Labute approximate surface area is 165 Å². The molecule has 1 aliphatic rings. The average molecular weight is 381 g/mol. The molecular weight excluding hydrogens is 354 g/mol. The fraction of sp³-hybridized carbons (Fsp3) is 0.364. The smallest absolute Gasteiger partial charge is 0.253 e. The molecule has 28 heavy (non-hydrogen) atoms. The third-order valence-corrected chi connectivity index (χ3v) is 4.77. The molecule has 1 heterocycles. The number of hydrogen-bond acceptors (Lipinski definition) is 4. The number of allylic oxidation sites excluding steroid dienone is 1. The van der Waals surface area contributed by atoms with Crippen molar-refractivity contribution < 1.29 is 14.0 Å². The number of carbonyl (C=O) groups is 2. The summed E-state index contributed by atoms with van der Waals surface area (Å²) in [5.74, 6) is 0.387. The summed E-state index contributed by atoms with van der Waals surface area (Å²) in [5, 5.41) is 8.82. The first kappa shape index (κ1) is 19.7. The van der Waals surface area contributed by atoms with Crippen LogP contribution < -0.4 is 16.0 Å². The molecule has 3 rings (SSSR count). The normalized spacial score (nSPS) is 13.5. The predicted octanol–water partition coefficient (Wildman–Crippen LogP) is 3.63. The van der Waals surface area contributed by atoms with Gasteiger partial charge in [-0.05, 0) is 56.4 Å². The van der Waals surface area contributed by atoms with Crippen LogP contribution in [0.15, 0.2) is 58.7 Å². The molecule has 6 nitrogen and oxygen atoms in total. The number of nitrogens with one attached hydrogen (secondary N) is 3. The maximum Gasteiger partial charge on any atom is 0.253 e. The fourth-order valence-electron chi connectivity index (χ4n) is 3.24. The molecule has 1 aromatic heterocycles. The van der Waals surface area contributed by atoms with Gasteiger partial charge < -0.3 is 20.4 Å². The Morgan fingerprint density at radius 1 is 1.04 bits per heavy atom. The summed E-state index contributed by atoms with van der Waals surface area (Å²) in [7, 11) is 0. The summed E-state index contributed by atoms with van der Waals surface area (Å²) < 4.78 is 5.22. The zero-order valence-electron chi connectivity index (χ0n) is 16.0. The van der Waals surface area contributed by atoms with Crippen molar-refractivity contribution in [2.24, 2.45) is 0 Å². The van der Waals surface area contributed by atoms with Crippen LogP contribution in [-0.2, 0) is 11.3 Å². The molecule has 0 spiro atoms. The van der Waals surface area contributed by atoms with Crippen LogP contribution in [0.3, 0.4) is 0 Å². The van der Waals surface area contributed by atoms with Crippen LogP contribution in [0.4, 0.5) is 5.69 Å². The van der Waals surface area contributed by atoms with E-state index < -0.39 is 0 Å². The van der Waals surface area contributed by atoms with Crippen molar-refractivity contribution in [3.63, 3.8) is 0 Å². The molecule has 0 unspecified atom stereocenters. The van der Waals surface area contributed by atoms with E-state index in [1.165, 1.54) is 18.4 Å². The number of anilines is 1. The number of carbonyl (C=O) groups excluding carboxylic acids is 2. The molecule has 0 atom stereocenters. The number of para-hydroxylation sites is 1. The molecule has 6 heteroatoms. The van der Waals surface area contributed by atoms with Gasteiger partial charge in [0.05, 0.1) is 24.9 Å². The van der Waals surface area contributed by atoms with Crippen LogP contribution >= 0.6 is 0 Å². The van der Waals surface area contributed by atoms with E-state index in [9.17, 15) is 9.59 Å². The lowest BCUT2D eigenvalue weighted by molar-refractivity contribution is -0.119. The van der Waals surface area contributed by atoms with Crippen molar-refractivity contribution in [1.82, 2.24) is 10.6 Å². The number of rotatable bonds is 9. The highest BCUT2D eigenvalue weighted by molar-refractivity contribution is 6.00. The SMILES string of the molecule is O=C(CNc1ccccc1C(=O)NCc1ccco1)NCCC1=CCCCC1. The van der Waals surface area contributed by atoms with Gasteiger partial charge in [-0.3, -0.25) is 9.59 Å². The number of amides is 2. The van der Waals surface area contributed by atoms with E-state index >= 15 is 0 Å². The molecule has 0 radical (unpaired) electrons. The van der Waals surface area contributed by atoms with E-state index in [2.05, 4.69) is 22.0 Å². The minimum Gasteiger partial charge on any atom is -0.467 e. The van der Waals surface area contributed by atoms with Crippen molar-refractivity contribution in [3.05, 3.63) is 65.6 Å². The first-order valence-corrected chi connectivity index (χ1v) is 9.80. The van der Waals surface area contributed by atoms with Crippen LogP contribution in [0, 0.1) is 0 Å². The largest absolute Gasteiger partial charge is 0.467 e. The Morgan fingerprint density at radius 3 is 2.71 bits per heavy atom. The van der Waals surface area contributed by atoms with Gasteiger partial charge in [-0.25, -0.2) is 0 Å². The second-order valence-electron chi connectivity index (χ2n) is 6.87. The molecule has 0 saturated heterocycles. The molecule has 3 N–H and O–H groups in total. The van der Waals surface area contributed by atoms with Crippen molar-refractivity contribution in [2.75, 3.05) is 18.4 Å². The highest BCUT2D eigenvalue weighted by Crippen LogP contribution is 2.19. The molecule has 0 aliphatic heterocycles. The molecule has 1 aliphatic carbocycles. The zero-order chi connectivity index (χ0) is 19.6. The summed E-state index contributed by atoms with van der Waals surface area (Å²) in [6.45, 7) is 1.09. The van der Waals surface area contributed by atoms with Crippen LogP contribution in [-0.4, -0.2) is 24.9 Å². The fourth-order valence-corrected chi connectivity index (χ4v) is 3.24. The highest BCUT2D eigenvalue weighted by Gasteiger charge is 2.12. The quantitative estimate of drug-likeness (QED) is 0.579. The van der Waals surface area contributed by atoms with E-state index in [-0.39, 0.29) is 18.4 Å². The van der Waals surface area contributed by atoms with Crippen molar-refractivity contribution in [3.8, 4) is 0 Å². The Morgan fingerprint density at radius 2 is 1.93 bits per heavy atom. The van der Waals surface area contributed by atoms with E-state index in [4.69, 9.17) is 4.42 Å². The molecule has 1 aromatic carbocycles.